The summed E-state index contributed by atoms with van der Waals surface area (Å²) in [7, 11) is 0. The van der Waals surface area contributed by atoms with Gasteiger partial charge in [0, 0.05) is 4.90 Å². The summed E-state index contributed by atoms with van der Waals surface area (Å²) in [6, 6.07) is 12.5. The van der Waals surface area contributed by atoms with Gasteiger partial charge in [0.05, 0.1) is 6.61 Å². The van der Waals surface area contributed by atoms with Crippen LogP contribution in [0.5, 0.6) is 5.75 Å². The van der Waals surface area contributed by atoms with Crippen molar-refractivity contribution < 1.29 is 9.13 Å². The smallest absolute Gasteiger partial charge is 0.123 e. The zero-order valence-corrected chi connectivity index (χ0v) is 11.1. The van der Waals surface area contributed by atoms with E-state index in [0.29, 0.717) is 13.0 Å². The van der Waals surface area contributed by atoms with Crippen LogP contribution in [0.15, 0.2) is 47.4 Å². The second kappa shape index (κ2) is 5.91. The molecule has 0 amide bonds. The van der Waals surface area contributed by atoms with Crippen molar-refractivity contribution in [1.29, 1.82) is 0 Å². The summed E-state index contributed by atoms with van der Waals surface area (Å²) in [5.41, 5.74) is 1.97. The molecule has 0 radical (unpaired) electrons. The number of hydrogen-bond donors (Lipinski definition) is 1. The van der Waals surface area contributed by atoms with Gasteiger partial charge >= 0.3 is 0 Å². The van der Waals surface area contributed by atoms with E-state index >= 15 is 0 Å². The Bertz CT molecular complexity index is 540. The Kier molecular flexibility index (Phi) is 4.26. The third kappa shape index (κ3) is 3.26. The number of rotatable bonds is 4. The van der Waals surface area contributed by atoms with Crippen LogP contribution < -0.4 is 4.74 Å². The maximum Gasteiger partial charge on any atom is 0.123 e. The summed E-state index contributed by atoms with van der Waals surface area (Å²) in [5, 5.41) is 0. The molecule has 0 aliphatic carbocycles. The first-order valence-electron chi connectivity index (χ1n) is 5.88. The van der Waals surface area contributed by atoms with E-state index in [1.54, 1.807) is 6.07 Å². The van der Waals surface area contributed by atoms with Crippen LogP contribution in [0.2, 0.25) is 0 Å². The largest absolute Gasteiger partial charge is 0.494 e. The molecule has 2 aromatic rings. The summed E-state index contributed by atoms with van der Waals surface area (Å²) < 4.78 is 18.6. The van der Waals surface area contributed by atoms with Gasteiger partial charge in [0.1, 0.15) is 11.6 Å². The van der Waals surface area contributed by atoms with Gasteiger partial charge in [-0.3, -0.25) is 0 Å². The summed E-state index contributed by atoms with van der Waals surface area (Å²) in [6.45, 7) is 2.59. The van der Waals surface area contributed by atoms with Crippen molar-refractivity contribution in [1.82, 2.24) is 0 Å². The Morgan fingerprint density at radius 1 is 1.17 bits per heavy atom. The molecule has 0 bridgehead atoms. The molecule has 0 heterocycles. The Morgan fingerprint density at radius 3 is 2.78 bits per heavy atom. The fourth-order valence-corrected chi connectivity index (χ4v) is 2.05. The van der Waals surface area contributed by atoms with Crippen molar-refractivity contribution in [2.24, 2.45) is 0 Å². The van der Waals surface area contributed by atoms with Crippen LogP contribution in [0, 0.1) is 5.82 Å². The number of benzene rings is 2. The highest BCUT2D eigenvalue weighted by molar-refractivity contribution is 7.80. The molecule has 2 rings (SSSR count). The van der Waals surface area contributed by atoms with Crippen molar-refractivity contribution in [3.05, 3.63) is 59.4 Å². The van der Waals surface area contributed by atoms with Gasteiger partial charge in [0.2, 0.25) is 0 Å². The Labute approximate surface area is 112 Å². The predicted octanol–water partition coefficient (Wildman–Crippen LogP) is 4.10. The lowest BCUT2D eigenvalue weighted by Crippen LogP contribution is -1.94. The van der Waals surface area contributed by atoms with Crippen LogP contribution in [0.25, 0.3) is 0 Å². The summed E-state index contributed by atoms with van der Waals surface area (Å²) in [5.74, 6) is 0.607. The number of ether oxygens (including phenoxy) is 1. The average molecular weight is 262 g/mol. The Morgan fingerprint density at radius 2 is 2.00 bits per heavy atom. The van der Waals surface area contributed by atoms with Crippen LogP contribution in [-0.4, -0.2) is 6.61 Å². The van der Waals surface area contributed by atoms with Gasteiger partial charge in [-0.25, -0.2) is 4.39 Å². The molecule has 18 heavy (non-hydrogen) atoms. The van der Waals surface area contributed by atoms with Gasteiger partial charge < -0.3 is 4.74 Å². The third-order valence-corrected chi connectivity index (χ3v) is 3.08. The maximum atomic E-state index is 13.2. The minimum absolute atomic E-state index is 0.233. The minimum atomic E-state index is -0.233. The summed E-state index contributed by atoms with van der Waals surface area (Å²) >= 11 is 4.34. The number of hydrogen-bond acceptors (Lipinski definition) is 2. The monoisotopic (exact) mass is 262 g/mol. The van der Waals surface area contributed by atoms with Crippen molar-refractivity contribution in [2.45, 2.75) is 18.2 Å². The normalized spacial score (nSPS) is 10.4. The lowest BCUT2D eigenvalue weighted by atomic mass is 10.0. The first-order chi connectivity index (χ1) is 8.69. The van der Waals surface area contributed by atoms with Crippen LogP contribution in [0.3, 0.4) is 0 Å². The van der Waals surface area contributed by atoms with Crippen LogP contribution in [0.4, 0.5) is 4.39 Å². The molecule has 0 saturated carbocycles. The van der Waals surface area contributed by atoms with Crippen LogP contribution >= 0.6 is 12.6 Å². The van der Waals surface area contributed by atoms with E-state index in [1.807, 2.05) is 31.2 Å². The molecule has 0 unspecified atom stereocenters. The molecule has 0 aliphatic heterocycles. The number of thiol groups is 1. The lowest BCUT2D eigenvalue weighted by Gasteiger charge is -2.08. The topological polar surface area (TPSA) is 9.23 Å². The Hall–Kier alpha value is -1.48. The van der Waals surface area contributed by atoms with E-state index in [2.05, 4.69) is 12.6 Å². The highest BCUT2D eigenvalue weighted by atomic mass is 32.1. The molecule has 1 nitrogen and oxygen atoms in total. The molecule has 0 aliphatic rings. The first kappa shape index (κ1) is 13.0. The van der Waals surface area contributed by atoms with Gasteiger partial charge in [-0.2, -0.15) is 0 Å². The zero-order valence-electron chi connectivity index (χ0n) is 10.2. The van der Waals surface area contributed by atoms with E-state index in [-0.39, 0.29) is 5.82 Å². The molecule has 3 heteroatoms. The van der Waals surface area contributed by atoms with Gasteiger partial charge in [0.15, 0.2) is 0 Å². The molecule has 2 aromatic carbocycles. The molecule has 0 fully saturated rings. The maximum absolute atomic E-state index is 13.2. The van der Waals surface area contributed by atoms with E-state index in [4.69, 9.17) is 4.74 Å². The van der Waals surface area contributed by atoms with Gasteiger partial charge in [-0.15, -0.1) is 12.6 Å². The highest BCUT2D eigenvalue weighted by Gasteiger charge is 2.04. The van der Waals surface area contributed by atoms with Crippen molar-refractivity contribution in [2.75, 3.05) is 6.61 Å². The summed E-state index contributed by atoms with van der Waals surface area (Å²) in [4.78, 5) is 0.804. The van der Waals surface area contributed by atoms with E-state index in [1.165, 1.54) is 12.1 Å². The molecule has 0 aromatic heterocycles. The number of halogens is 1. The van der Waals surface area contributed by atoms with Crippen molar-refractivity contribution in [3.8, 4) is 5.75 Å². The SMILES string of the molecule is CCOc1cccc(Cc2cc(F)ccc2S)c1. The molecule has 0 atom stereocenters. The Balaban J connectivity index is 2.22. The fraction of sp³-hybridized carbons (Fsp3) is 0.200. The molecule has 94 valence electrons. The van der Waals surface area contributed by atoms with Gasteiger partial charge in [-0.1, -0.05) is 12.1 Å². The van der Waals surface area contributed by atoms with Crippen molar-refractivity contribution >= 4 is 12.6 Å². The predicted molar refractivity (Wildman–Crippen MR) is 74.1 cm³/mol. The highest BCUT2D eigenvalue weighted by Crippen LogP contribution is 2.21. The molecular formula is C15H15FOS. The van der Waals surface area contributed by atoms with E-state index in [9.17, 15) is 4.39 Å². The van der Waals surface area contributed by atoms with E-state index < -0.39 is 0 Å². The van der Waals surface area contributed by atoms with Crippen LogP contribution in [0.1, 0.15) is 18.1 Å². The quantitative estimate of drug-likeness (QED) is 0.816. The second-order valence-electron chi connectivity index (χ2n) is 4.03. The molecule has 0 saturated heterocycles. The molecule has 0 N–H and O–H groups in total. The second-order valence-corrected chi connectivity index (χ2v) is 4.51. The van der Waals surface area contributed by atoms with Gasteiger partial charge in [-0.05, 0) is 54.8 Å². The summed E-state index contributed by atoms with van der Waals surface area (Å²) in [6.07, 6.45) is 0.650. The third-order valence-electron chi connectivity index (χ3n) is 2.65. The first-order valence-corrected chi connectivity index (χ1v) is 6.33. The fourth-order valence-electron chi connectivity index (χ4n) is 1.83. The van der Waals surface area contributed by atoms with Gasteiger partial charge in [0.25, 0.3) is 0 Å². The molecular weight excluding hydrogens is 247 g/mol. The lowest BCUT2D eigenvalue weighted by molar-refractivity contribution is 0.340. The molecule has 0 spiro atoms. The zero-order chi connectivity index (χ0) is 13.0. The van der Waals surface area contributed by atoms with Crippen molar-refractivity contribution in [3.63, 3.8) is 0 Å². The van der Waals surface area contributed by atoms with Crippen LogP contribution in [-0.2, 0) is 6.42 Å². The average Bonchev–Trinajstić information content (AvgIpc) is 2.35. The minimum Gasteiger partial charge on any atom is -0.494 e. The standard InChI is InChI=1S/C15H15FOS/c1-2-17-14-5-3-4-11(9-14)8-12-10-13(16)6-7-15(12)18/h3-7,9-10,18H,2,8H2,1H3. The van der Waals surface area contributed by atoms with E-state index in [0.717, 1.165) is 21.8 Å².